The van der Waals surface area contributed by atoms with Gasteiger partial charge in [0, 0.05) is 40.0 Å². The molecule has 4 heteroatoms. The molecule has 0 N–H and O–H groups in total. The Morgan fingerprint density at radius 2 is 1.15 bits per heavy atom. The average Bonchev–Trinajstić information content (AvgIpc) is 3.72. The summed E-state index contributed by atoms with van der Waals surface area (Å²) >= 11 is 0. The van der Waals surface area contributed by atoms with Crippen molar-refractivity contribution in [1.82, 2.24) is 15.0 Å². The molecule has 2 aliphatic rings. The minimum Gasteiger partial charge on any atom is -0.460 e. The van der Waals surface area contributed by atoms with Gasteiger partial charge >= 0.3 is 0 Å². The predicted octanol–water partition coefficient (Wildman–Crippen LogP) is 14.3. The van der Waals surface area contributed by atoms with E-state index in [9.17, 15) is 0 Å². The highest BCUT2D eigenvalue weighted by atomic mass is 16.3. The van der Waals surface area contributed by atoms with E-state index in [1.807, 2.05) is 0 Å². The van der Waals surface area contributed by atoms with Gasteiger partial charge in [0.25, 0.3) is 0 Å². The van der Waals surface area contributed by atoms with E-state index in [4.69, 9.17) is 19.4 Å². The summed E-state index contributed by atoms with van der Waals surface area (Å²) in [6.07, 6.45) is 9.79. The van der Waals surface area contributed by atoms with Gasteiger partial charge in [0.05, 0.1) is 0 Å². The van der Waals surface area contributed by atoms with Crippen molar-refractivity contribution in [2.45, 2.75) is 25.2 Å². The Kier molecular flexibility index (Phi) is 8.41. The number of aromatic nitrogens is 3. The Balaban J connectivity index is 0.892. The first kappa shape index (κ1) is 35.3. The first-order valence-electron chi connectivity index (χ1n) is 21.2. The summed E-state index contributed by atoms with van der Waals surface area (Å²) < 4.78 is 6.63. The number of hydrogen-bond acceptors (Lipinski definition) is 4. The van der Waals surface area contributed by atoms with Crippen LogP contribution in [0.5, 0.6) is 0 Å². The van der Waals surface area contributed by atoms with E-state index in [1.54, 1.807) is 0 Å². The van der Waals surface area contributed by atoms with Gasteiger partial charge in [-0.25, -0.2) is 15.0 Å². The molecule has 2 aromatic heterocycles. The molecule has 2 heterocycles. The summed E-state index contributed by atoms with van der Waals surface area (Å²) in [5.41, 5.74) is 13.7. The Bertz CT molecular complexity index is 3390. The molecule has 1 unspecified atom stereocenters. The van der Waals surface area contributed by atoms with E-state index in [0.29, 0.717) is 23.4 Å². The van der Waals surface area contributed by atoms with Crippen LogP contribution in [-0.4, -0.2) is 15.0 Å². The van der Waals surface area contributed by atoms with E-state index >= 15 is 0 Å². The Hall–Kier alpha value is -7.69. The maximum absolute atomic E-state index is 6.63. The third-order valence-corrected chi connectivity index (χ3v) is 12.5. The minimum atomic E-state index is 0.330. The predicted molar refractivity (Wildman–Crippen MR) is 250 cm³/mol. The van der Waals surface area contributed by atoms with Crippen LogP contribution in [0.15, 0.2) is 192 Å². The number of rotatable bonds is 6. The highest BCUT2D eigenvalue weighted by Crippen LogP contribution is 2.41. The number of nitrogens with zero attached hydrogens (tertiary/aromatic N) is 3. The second-order valence-electron chi connectivity index (χ2n) is 16.2. The molecule has 8 aromatic carbocycles. The van der Waals surface area contributed by atoms with Crippen molar-refractivity contribution in [2.24, 2.45) is 0 Å². The zero-order valence-electron chi connectivity index (χ0n) is 33.4. The van der Waals surface area contributed by atoms with Crippen LogP contribution < -0.4 is 0 Å². The van der Waals surface area contributed by atoms with Crippen LogP contribution in [0.2, 0.25) is 0 Å². The van der Waals surface area contributed by atoms with Crippen molar-refractivity contribution in [2.75, 3.05) is 0 Å². The van der Waals surface area contributed by atoms with E-state index in [1.165, 1.54) is 54.9 Å². The van der Waals surface area contributed by atoms with Crippen LogP contribution in [0.1, 0.15) is 45.9 Å². The molecule has 10 aromatic rings. The number of fused-ring (bicyclic) bond motifs is 6. The fourth-order valence-electron chi connectivity index (χ4n) is 9.38. The highest BCUT2D eigenvalue weighted by molar-refractivity contribution is 5.99. The lowest BCUT2D eigenvalue weighted by molar-refractivity contribution is 0.545. The molecule has 0 saturated heterocycles. The van der Waals surface area contributed by atoms with Crippen LogP contribution in [0, 0.1) is 0 Å². The van der Waals surface area contributed by atoms with Gasteiger partial charge in [-0.05, 0) is 85.5 Å². The average molecular weight is 782 g/mol. The van der Waals surface area contributed by atoms with Crippen molar-refractivity contribution in [3.8, 4) is 45.3 Å². The maximum atomic E-state index is 6.63. The van der Waals surface area contributed by atoms with Crippen LogP contribution in [0.4, 0.5) is 0 Å². The normalized spacial score (nSPS) is 14.6. The number of allylic oxidation sites excluding steroid dienone is 2. The summed E-state index contributed by atoms with van der Waals surface area (Å²) in [4.78, 5) is 15.3. The number of benzene rings is 8. The largest absolute Gasteiger partial charge is 0.460 e. The van der Waals surface area contributed by atoms with Crippen molar-refractivity contribution in [3.05, 3.63) is 222 Å². The van der Waals surface area contributed by atoms with Crippen molar-refractivity contribution in [1.29, 1.82) is 0 Å². The molecule has 0 saturated carbocycles. The molecule has 0 radical (unpaired) electrons. The van der Waals surface area contributed by atoms with Crippen LogP contribution >= 0.6 is 0 Å². The van der Waals surface area contributed by atoms with Gasteiger partial charge in [-0.2, -0.15) is 0 Å². The zero-order valence-corrected chi connectivity index (χ0v) is 33.4. The Labute approximate surface area is 354 Å². The smallest absolute Gasteiger partial charge is 0.164 e. The molecule has 0 amide bonds. The van der Waals surface area contributed by atoms with E-state index < -0.39 is 0 Å². The minimum absolute atomic E-state index is 0.330. The quantitative estimate of drug-likeness (QED) is 0.169. The van der Waals surface area contributed by atoms with Gasteiger partial charge in [0.15, 0.2) is 17.5 Å². The van der Waals surface area contributed by atoms with Crippen molar-refractivity contribution < 1.29 is 4.42 Å². The molecule has 1 atom stereocenters. The lowest BCUT2D eigenvalue weighted by Crippen LogP contribution is -2.05. The van der Waals surface area contributed by atoms with Crippen LogP contribution in [-0.2, 0) is 12.8 Å². The van der Waals surface area contributed by atoms with Gasteiger partial charge in [-0.3, -0.25) is 0 Å². The summed E-state index contributed by atoms with van der Waals surface area (Å²) in [7, 11) is 0. The molecule has 61 heavy (non-hydrogen) atoms. The maximum Gasteiger partial charge on any atom is 0.164 e. The van der Waals surface area contributed by atoms with Crippen molar-refractivity contribution in [3.63, 3.8) is 0 Å². The van der Waals surface area contributed by atoms with Crippen molar-refractivity contribution >= 4 is 44.2 Å². The molecule has 2 aliphatic carbocycles. The molecular weight excluding hydrogens is 743 g/mol. The van der Waals surface area contributed by atoms with Gasteiger partial charge in [-0.15, -0.1) is 0 Å². The molecule has 0 fully saturated rings. The fourth-order valence-corrected chi connectivity index (χ4v) is 9.38. The molecule has 0 spiro atoms. The first-order valence-corrected chi connectivity index (χ1v) is 21.2. The lowest BCUT2D eigenvalue weighted by Gasteiger charge is -2.19. The SMILES string of the molecule is C1=CC(c2ccc3c4c(oc3c2)CCC=C4c2ccc(-c3nc(-c4ccc(-c5cccc6ccccc56)cc4)nc(-c4ccc5ccccc5c4)n3)cc2)Cc2ccccc21. The number of aryl methyl sites for hydroxylation is 1. The number of hydrogen-bond donors (Lipinski definition) is 0. The molecule has 288 valence electrons. The van der Waals surface area contributed by atoms with Crippen LogP contribution in [0.25, 0.3) is 89.5 Å². The summed E-state index contributed by atoms with van der Waals surface area (Å²) in [5, 5.41) is 5.95. The van der Waals surface area contributed by atoms with Gasteiger partial charge in [0.2, 0.25) is 0 Å². The van der Waals surface area contributed by atoms with E-state index in [2.05, 4.69) is 194 Å². The first-order chi connectivity index (χ1) is 30.2. The summed E-state index contributed by atoms with van der Waals surface area (Å²) in [6.45, 7) is 0. The molecular formula is C57H39N3O. The Morgan fingerprint density at radius 3 is 1.97 bits per heavy atom. The topological polar surface area (TPSA) is 51.8 Å². The summed E-state index contributed by atoms with van der Waals surface area (Å²) in [5.74, 6) is 3.31. The fraction of sp³-hybridized carbons (Fsp3) is 0.0702. The molecule has 12 rings (SSSR count). The number of furan rings is 1. The zero-order chi connectivity index (χ0) is 40.3. The third-order valence-electron chi connectivity index (χ3n) is 12.5. The molecule has 0 bridgehead atoms. The summed E-state index contributed by atoms with van der Waals surface area (Å²) in [6, 6.07) is 62.6. The van der Waals surface area contributed by atoms with E-state index in [-0.39, 0.29) is 0 Å². The second-order valence-corrected chi connectivity index (χ2v) is 16.2. The highest BCUT2D eigenvalue weighted by Gasteiger charge is 2.24. The molecule has 0 aliphatic heterocycles. The Morgan fingerprint density at radius 1 is 0.492 bits per heavy atom. The van der Waals surface area contributed by atoms with Crippen LogP contribution in [0.3, 0.4) is 0 Å². The van der Waals surface area contributed by atoms with Gasteiger partial charge < -0.3 is 4.42 Å². The standard InChI is InChI=1S/C57H39N3O/c1-3-12-43-33-45(29-19-36(43)9-1)46-31-32-51-53(35-46)61-52-18-8-17-50(54(51)52)40-23-27-42(28-24-40)56-58-55(59-57(60-56)47-30-20-37-10-2-4-13-44(37)34-47)41-25-21-39(22-26-41)49-16-7-14-38-11-5-6-15-48(38)49/h1-7,9-17,19-32,34-35,45H,8,18,33H2. The van der Waals surface area contributed by atoms with Gasteiger partial charge in [-0.1, -0.05) is 182 Å². The monoisotopic (exact) mass is 781 g/mol. The third kappa shape index (κ3) is 6.36. The lowest BCUT2D eigenvalue weighted by atomic mass is 9.84. The molecule has 4 nitrogen and oxygen atoms in total. The van der Waals surface area contributed by atoms with E-state index in [0.717, 1.165) is 63.8 Å². The van der Waals surface area contributed by atoms with Gasteiger partial charge in [0.1, 0.15) is 11.3 Å². The second kappa shape index (κ2) is 14.5.